The van der Waals surface area contributed by atoms with Gasteiger partial charge in [-0.05, 0) is 91.0 Å². The molecule has 8 bridgehead atoms. The standard InChI is InChI=1S/C36H36N2O6/c1-38-14-12-24-19-33(41-3)35(42-4)36-34(24)28(38)16-22-7-10-29(39)30(17-22)43-25-8-5-21(6-9-25)15-27-26-20-31(40-2)32(44-36)18-23(26)11-13-37-27/h5-10,17-20,28,39H,11-16H2,1-4H3/t28-/m0/s1. The third-order valence-corrected chi connectivity index (χ3v) is 8.92. The first kappa shape index (κ1) is 28.1. The summed E-state index contributed by atoms with van der Waals surface area (Å²) in [4.78, 5) is 7.24. The van der Waals surface area contributed by atoms with Gasteiger partial charge in [0.2, 0.25) is 5.75 Å². The van der Waals surface area contributed by atoms with Crippen LogP contribution >= 0.6 is 0 Å². The second-order valence-electron chi connectivity index (χ2n) is 11.5. The van der Waals surface area contributed by atoms with Gasteiger partial charge in [0.1, 0.15) is 5.75 Å². The van der Waals surface area contributed by atoms with Crippen LogP contribution in [-0.2, 0) is 25.7 Å². The highest BCUT2D eigenvalue weighted by Gasteiger charge is 2.34. The number of aliphatic imine (C=N–C) groups is 1. The van der Waals surface area contributed by atoms with Crippen molar-refractivity contribution in [3.63, 3.8) is 0 Å². The van der Waals surface area contributed by atoms with Gasteiger partial charge < -0.3 is 28.8 Å². The maximum atomic E-state index is 10.7. The first-order chi connectivity index (χ1) is 21.4. The predicted molar refractivity (Wildman–Crippen MR) is 169 cm³/mol. The molecular formula is C36H36N2O6. The van der Waals surface area contributed by atoms with Gasteiger partial charge in [0.25, 0.3) is 0 Å². The Hall–Kier alpha value is -4.69. The molecule has 4 aromatic carbocycles. The zero-order chi connectivity index (χ0) is 30.4. The summed E-state index contributed by atoms with van der Waals surface area (Å²) >= 11 is 0. The highest BCUT2D eigenvalue weighted by molar-refractivity contribution is 6.04. The maximum Gasteiger partial charge on any atom is 0.204 e. The van der Waals surface area contributed by atoms with Crippen molar-refractivity contribution in [1.82, 2.24) is 4.90 Å². The lowest BCUT2D eigenvalue weighted by molar-refractivity contribution is 0.221. The Balaban J connectivity index is 1.46. The van der Waals surface area contributed by atoms with Crippen LogP contribution in [0.5, 0.6) is 46.0 Å². The van der Waals surface area contributed by atoms with Crippen LogP contribution < -0.4 is 23.7 Å². The van der Waals surface area contributed by atoms with Crippen molar-refractivity contribution in [2.24, 2.45) is 4.99 Å². The van der Waals surface area contributed by atoms with Crippen LogP contribution in [0, 0.1) is 0 Å². The maximum absolute atomic E-state index is 10.7. The van der Waals surface area contributed by atoms with E-state index in [0.717, 1.165) is 52.9 Å². The van der Waals surface area contributed by atoms with Crippen LogP contribution in [0.2, 0.25) is 0 Å². The molecule has 0 saturated carbocycles. The van der Waals surface area contributed by atoms with E-state index in [4.69, 9.17) is 28.7 Å². The summed E-state index contributed by atoms with van der Waals surface area (Å²) < 4.78 is 30.8. The van der Waals surface area contributed by atoms with E-state index in [0.29, 0.717) is 59.6 Å². The van der Waals surface area contributed by atoms with E-state index in [2.05, 4.69) is 24.1 Å². The van der Waals surface area contributed by atoms with Gasteiger partial charge in [-0.3, -0.25) is 9.89 Å². The summed E-state index contributed by atoms with van der Waals surface area (Å²) in [6, 6.07) is 19.7. The van der Waals surface area contributed by atoms with Crippen molar-refractivity contribution < 1.29 is 28.8 Å². The molecule has 0 amide bonds. The highest BCUT2D eigenvalue weighted by atomic mass is 16.5. The minimum atomic E-state index is -0.0466. The van der Waals surface area contributed by atoms with Crippen LogP contribution in [-0.4, -0.2) is 57.2 Å². The van der Waals surface area contributed by atoms with Crippen molar-refractivity contribution in [1.29, 1.82) is 0 Å². The lowest BCUT2D eigenvalue weighted by Gasteiger charge is -2.37. The fourth-order valence-corrected chi connectivity index (χ4v) is 6.59. The molecule has 10 rings (SSSR count). The van der Waals surface area contributed by atoms with E-state index in [1.54, 1.807) is 27.4 Å². The Kier molecular flexibility index (Phi) is 7.30. The highest BCUT2D eigenvalue weighted by Crippen LogP contribution is 2.51. The number of aromatic hydroxyl groups is 1. The monoisotopic (exact) mass is 592 g/mol. The smallest absolute Gasteiger partial charge is 0.204 e. The van der Waals surface area contributed by atoms with Gasteiger partial charge in [0.15, 0.2) is 34.5 Å². The summed E-state index contributed by atoms with van der Waals surface area (Å²) in [6.45, 7) is 1.57. The van der Waals surface area contributed by atoms with E-state index >= 15 is 0 Å². The molecule has 6 aliphatic rings. The molecule has 0 saturated heterocycles. The van der Waals surface area contributed by atoms with Crippen molar-refractivity contribution >= 4 is 5.71 Å². The summed E-state index contributed by atoms with van der Waals surface area (Å²) in [5.74, 6) is 4.19. The molecule has 1 N–H and O–H groups in total. The molecule has 226 valence electrons. The molecule has 44 heavy (non-hydrogen) atoms. The normalized spacial score (nSPS) is 17.3. The summed E-state index contributed by atoms with van der Waals surface area (Å²) in [6.07, 6.45) is 2.97. The van der Waals surface area contributed by atoms with Gasteiger partial charge in [-0.25, -0.2) is 0 Å². The van der Waals surface area contributed by atoms with E-state index < -0.39 is 0 Å². The number of nitrogens with zero attached hydrogens (tertiary/aromatic N) is 2. The van der Waals surface area contributed by atoms with Gasteiger partial charge in [0.05, 0.1) is 21.3 Å². The molecule has 4 aromatic rings. The number of ether oxygens (including phenoxy) is 5. The van der Waals surface area contributed by atoms with E-state index in [1.807, 2.05) is 42.5 Å². The number of rotatable bonds is 3. The van der Waals surface area contributed by atoms with Crippen molar-refractivity contribution in [3.8, 4) is 46.0 Å². The Morgan fingerprint density at radius 3 is 2.39 bits per heavy atom. The Bertz CT molecular complexity index is 1760. The van der Waals surface area contributed by atoms with Gasteiger partial charge in [-0.2, -0.15) is 0 Å². The molecule has 8 nitrogen and oxygen atoms in total. The Morgan fingerprint density at radius 1 is 0.818 bits per heavy atom. The molecule has 0 fully saturated rings. The number of phenols is 1. The molecule has 0 unspecified atom stereocenters. The minimum absolute atomic E-state index is 0.0466. The lowest BCUT2D eigenvalue weighted by Crippen LogP contribution is -2.34. The number of hydrogen-bond acceptors (Lipinski definition) is 8. The zero-order valence-electron chi connectivity index (χ0n) is 25.5. The summed E-state index contributed by atoms with van der Waals surface area (Å²) in [5, 5.41) is 10.7. The fourth-order valence-electron chi connectivity index (χ4n) is 6.59. The molecule has 8 heteroatoms. The molecule has 1 atom stereocenters. The van der Waals surface area contributed by atoms with Crippen LogP contribution in [0.1, 0.15) is 39.4 Å². The van der Waals surface area contributed by atoms with E-state index in [9.17, 15) is 5.11 Å². The molecule has 0 radical (unpaired) electrons. The largest absolute Gasteiger partial charge is 0.504 e. The number of benzene rings is 4. The van der Waals surface area contributed by atoms with E-state index in [-0.39, 0.29) is 11.8 Å². The first-order valence-corrected chi connectivity index (χ1v) is 14.9. The number of methoxy groups -OCH3 is 3. The minimum Gasteiger partial charge on any atom is -0.504 e. The SMILES string of the molecule is COc1cc2c3cc1Oc1c(OC)c(OC)cc4c1[C@H](Cc1ccc(O)c(c1)Oc1ccc(cc1)CC2=NCC3)N(C)CC4. The van der Waals surface area contributed by atoms with Gasteiger partial charge in [-0.15, -0.1) is 0 Å². The van der Waals surface area contributed by atoms with Gasteiger partial charge in [0, 0.05) is 42.4 Å². The molecule has 6 aliphatic heterocycles. The number of likely N-dealkylation sites (N-methyl/N-ethyl adjacent to an activating group) is 1. The number of phenolic OH excluding ortho intramolecular Hbond substituents is 1. The third-order valence-electron chi connectivity index (χ3n) is 8.92. The van der Waals surface area contributed by atoms with Crippen LogP contribution in [0.4, 0.5) is 0 Å². The average molecular weight is 593 g/mol. The first-order valence-electron chi connectivity index (χ1n) is 14.9. The van der Waals surface area contributed by atoms with E-state index in [1.165, 1.54) is 5.56 Å². The van der Waals surface area contributed by atoms with Crippen molar-refractivity contribution in [3.05, 3.63) is 94.0 Å². The van der Waals surface area contributed by atoms with Crippen molar-refractivity contribution in [2.45, 2.75) is 31.7 Å². The van der Waals surface area contributed by atoms with Crippen LogP contribution in [0.15, 0.2) is 65.7 Å². The molecule has 6 heterocycles. The predicted octanol–water partition coefficient (Wildman–Crippen LogP) is 6.68. The van der Waals surface area contributed by atoms with Crippen molar-refractivity contribution in [2.75, 3.05) is 41.5 Å². The molecular weight excluding hydrogens is 556 g/mol. The zero-order valence-corrected chi connectivity index (χ0v) is 25.5. The second kappa shape index (κ2) is 11.4. The average Bonchev–Trinajstić information content (AvgIpc) is 3.04. The van der Waals surface area contributed by atoms with Gasteiger partial charge >= 0.3 is 0 Å². The molecule has 0 spiro atoms. The third kappa shape index (κ3) is 4.99. The Morgan fingerprint density at radius 2 is 1.61 bits per heavy atom. The quantitative estimate of drug-likeness (QED) is 0.284. The Labute approximate surface area is 257 Å². The van der Waals surface area contributed by atoms with Crippen LogP contribution in [0.25, 0.3) is 0 Å². The number of hydrogen-bond donors (Lipinski definition) is 1. The summed E-state index contributed by atoms with van der Waals surface area (Å²) in [5.41, 5.74) is 7.56. The second-order valence-corrected chi connectivity index (χ2v) is 11.5. The summed E-state index contributed by atoms with van der Waals surface area (Å²) in [7, 11) is 7.09. The topological polar surface area (TPSA) is 82.0 Å². The lowest BCUT2D eigenvalue weighted by atomic mass is 9.87. The van der Waals surface area contributed by atoms with Crippen LogP contribution in [0.3, 0.4) is 0 Å². The fraction of sp³-hybridized carbons (Fsp3) is 0.306. The molecule has 0 aliphatic carbocycles. The molecule has 0 aromatic heterocycles. The van der Waals surface area contributed by atoms with Gasteiger partial charge in [-0.1, -0.05) is 18.2 Å².